The van der Waals surface area contributed by atoms with Crippen LogP contribution in [-0.4, -0.2) is 44.8 Å². The lowest BCUT2D eigenvalue weighted by molar-refractivity contribution is -0.00569. The second-order valence-corrected chi connectivity index (χ2v) is 7.72. The normalized spacial score (nSPS) is 20.8. The third kappa shape index (κ3) is 3.06. The summed E-state index contributed by atoms with van der Waals surface area (Å²) in [7, 11) is 0. The molecule has 2 aliphatic rings. The summed E-state index contributed by atoms with van der Waals surface area (Å²) in [5.41, 5.74) is 5.78. The van der Waals surface area contributed by atoms with Gasteiger partial charge in [0.15, 0.2) is 5.65 Å². The van der Waals surface area contributed by atoms with E-state index in [2.05, 4.69) is 60.2 Å². The van der Waals surface area contributed by atoms with Crippen molar-refractivity contribution in [3.63, 3.8) is 0 Å². The van der Waals surface area contributed by atoms with Crippen LogP contribution in [0.1, 0.15) is 25.0 Å². The van der Waals surface area contributed by atoms with Crippen LogP contribution in [0.2, 0.25) is 0 Å². The maximum atomic E-state index is 9.22. The molecule has 3 aromatic rings. The zero-order valence-electron chi connectivity index (χ0n) is 16.5. The highest BCUT2D eigenvalue weighted by Gasteiger charge is 2.27. The summed E-state index contributed by atoms with van der Waals surface area (Å²) in [6.07, 6.45) is 7.16. The predicted molar refractivity (Wildman–Crippen MR) is 111 cm³/mol. The highest BCUT2D eigenvalue weighted by atomic mass is 16.5. The average Bonchev–Trinajstić information content (AvgIpc) is 3.34. The van der Waals surface area contributed by atoms with Crippen molar-refractivity contribution in [2.24, 2.45) is 0 Å². The quantitative estimate of drug-likeness (QED) is 0.688. The molecule has 1 aliphatic heterocycles. The van der Waals surface area contributed by atoms with Gasteiger partial charge >= 0.3 is 0 Å². The monoisotopic (exact) mass is 386 g/mol. The van der Waals surface area contributed by atoms with Crippen molar-refractivity contribution in [2.75, 3.05) is 18.0 Å². The van der Waals surface area contributed by atoms with Crippen molar-refractivity contribution < 1.29 is 4.74 Å². The second-order valence-electron chi connectivity index (χ2n) is 7.72. The molecule has 2 atom stereocenters. The second kappa shape index (κ2) is 6.98. The van der Waals surface area contributed by atoms with Crippen LogP contribution in [-0.2, 0) is 17.7 Å². The summed E-state index contributed by atoms with van der Waals surface area (Å²) < 4.78 is 7.67. The van der Waals surface area contributed by atoms with Gasteiger partial charge < -0.3 is 14.2 Å². The van der Waals surface area contributed by atoms with Gasteiger partial charge in [-0.2, -0.15) is 10.2 Å². The van der Waals surface area contributed by atoms with Gasteiger partial charge in [-0.05, 0) is 31.4 Å². The fraction of sp³-hybridized carbons (Fsp3) is 0.364. The standard InChI is InChI=1S/C22H22N6O/c1-14-11-28(12-15(2)29-14)22-25-19(18-8-4-6-16-5-3-7-17(16)18)20-21(26-22)27(10-9-23)13-24-20/h3-4,6-8,13-15H,5,10-12H2,1-2H3. The lowest BCUT2D eigenvalue weighted by atomic mass is 10.0. The SMILES string of the molecule is CC1CN(c2nc(-c3cccc4c3C=CC4)c3ncn(CC#N)c3n2)CC(C)O1. The number of aromatic nitrogens is 4. The molecule has 3 heterocycles. The Morgan fingerprint density at radius 1 is 1.21 bits per heavy atom. The van der Waals surface area contributed by atoms with Crippen LogP contribution in [0.3, 0.4) is 0 Å². The summed E-state index contributed by atoms with van der Waals surface area (Å²) >= 11 is 0. The number of nitrogens with zero attached hydrogens (tertiary/aromatic N) is 6. The van der Waals surface area contributed by atoms with Gasteiger partial charge in [-0.3, -0.25) is 0 Å². The van der Waals surface area contributed by atoms with Crippen molar-refractivity contribution in [2.45, 2.75) is 39.0 Å². The number of imidazole rings is 1. The topological polar surface area (TPSA) is 79.9 Å². The Balaban J connectivity index is 1.72. The van der Waals surface area contributed by atoms with Gasteiger partial charge in [0.1, 0.15) is 17.8 Å². The Morgan fingerprint density at radius 3 is 2.83 bits per heavy atom. The van der Waals surface area contributed by atoms with E-state index in [1.54, 1.807) is 10.9 Å². The van der Waals surface area contributed by atoms with E-state index < -0.39 is 0 Å². The molecule has 1 fully saturated rings. The first-order valence-corrected chi connectivity index (χ1v) is 9.93. The minimum atomic E-state index is 0.106. The van der Waals surface area contributed by atoms with Crippen molar-refractivity contribution in [1.82, 2.24) is 19.5 Å². The predicted octanol–water partition coefficient (Wildman–Crippen LogP) is 3.20. The third-order valence-electron chi connectivity index (χ3n) is 5.47. The molecule has 1 saturated heterocycles. The summed E-state index contributed by atoms with van der Waals surface area (Å²) in [5.74, 6) is 0.661. The van der Waals surface area contributed by atoms with Gasteiger partial charge in [0.05, 0.1) is 24.6 Å². The van der Waals surface area contributed by atoms with E-state index in [9.17, 15) is 5.26 Å². The maximum Gasteiger partial charge on any atom is 0.228 e. The number of benzene rings is 1. The van der Waals surface area contributed by atoms with E-state index in [4.69, 9.17) is 14.7 Å². The zero-order chi connectivity index (χ0) is 20.0. The van der Waals surface area contributed by atoms with E-state index in [-0.39, 0.29) is 18.8 Å². The number of hydrogen-bond donors (Lipinski definition) is 0. The number of ether oxygens (including phenoxy) is 1. The molecule has 2 unspecified atom stereocenters. The van der Waals surface area contributed by atoms with Crippen LogP contribution in [0.4, 0.5) is 5.95 Å². The zero-order valence-corrected chi connectivity index (χ0v) is 16.5. The Hall–Kier alpha value is -3.24. The van der Waals surface area contributed by atoms with E-state index in [0.29, 0.717) is 11.6 Å². The highest BCUT2D eigenvalue weighted by molar-refractivity contribution is 5.92. The van der Waals surface area contributed by atoms with E-state index in [1.807, 2.05) is 0 Å². The van der Waals surface area contributed by atoms with E-state index >= 15 is 0 Å². The van der Waals surface area contributed by atoms with Crippen molar-refractivity contribution in [3.8, 4) is 17.3 Å². The van der Waals surface area contributed by atoms with Crippen molar-refractivity contribution in [3.05, 3.63) is 41.7 Å². The fourth-order valence-corrected chi connectivity index (χ4v) is 4.29. The maximum absolute atomic E-state index is 9.22. The first-order chi connectivity index (χ1) is 14.1. The molecule has 5 rings (SSSR count). The number of nitriles is 1. The molecule has 0 N–H and O–H groups in total. The molecule has 0 saturated carbocycles. The van der Waals surface area contributed by atoms with E-state index in [1.165, 1.54) is 11.1 Å². The smallest absolute Gasteiger partial charge is 0.228 e. The first-order valence-electron chi connectivity index (χ1n) is 9.93. The number of rotatable bonds is 3. The number of allylic oxidation sites excluding steroid dienone is 1. The molecule has 0 spiro atoms. The number of hydrogen-bond acceptors (Lipinski definition) is 6. The summed E-state index contributed by atoms with van der Waals surface area (Å²) in [4.78, 5) is 16.5. The Morgan fingerprint density at radius 2 is 2.03 bits per heavy atom. The van der Waals surface area contributed by atoms with Crippen LogP contribution < -0.4 is 4.90 Å². The number of fused-ring (bicyclic) bond motifs is 2. The first kappa shape index (κ1) is 17.8. The molecular formula is C22H22N6O. The molecule has 1 aromatic carbocycles. The molecular weight excluding hydrogens is 364 g/mol. The summed E-state index contributed by atoms with van der Waals surface area (Å²) in [6.45, 7) is 5.80. The van der Waals surface area contributed by atoms with Crippen molar-refractivity contribution >= 4 is 23.2 Å². The number of morpholine rings is 1. The molecule has 1 aliphatic carbocycles. The van der Waals surface area contributed by atoms with Crippen LogP contribution in [0, 0.1) is 11.3 Å². The Kier molecular flexibility index (Phi) is 4.29. The summed E-state index contributed by atoms with van der Waals surface area (Å²) in [6, 6.07) is 8.51. The number of anilines is 1. The van der Waals surface area contributed by atoms with Crippen LogP contribution in [0.15, 0.2) is 30.6 Å². The molecule has 7 nitrogen and oxygen atoms in total. The van der Waals surface area contributed by atoms with Crippen LogP contribution >= 0.6 is 0 Å². The average molecular weight is 386 g/mol. The Bertz CT molecular complexity index is 1150. The van der Waals surface area contributed by atoms with Gasteiger partial charge in [0.2, 0.25) is 5.95 Å². The molecule has 29 heavy (non-hydrogen) atoms. The minimum absolute atomic E-state index is 0.106. The van der Waals surface area contributed by atoms with Crippen LogP contribution in [0.5, 0.6) is 0 Å². The molecule has 0 radical (unpaired) electrons. The van der Waals surface area contributed by atoms with Gasteiger partial charge in [-0.15, -0.1) is 0 Å². The third-order valence-corrected chi connectivity index (χ3v) is 5.47. The van der Waals surface area contributed by atoms with Crippen molar-refractivity contribution in [1.29, 1.82) is 5.26 Å². The molecule has 0 bridgehead atoms. The van der Waals surface area contributed by atoms with Gasteiger partial charge in [0, 0.05) is 18.7 Å². The minimum Gasteiger partial charge on any atom is -0.372 e. The fourth-order valence-electron chi connectivity index (χ4n) is 4.29. The molecule has 0 amide bonds. The van der Waals surface area contributed by atoms with E-state index in [0.717, 1.165) is 36.3 Å². The largest absolute Gasteiger partial charge is 0.372 e. The van der Waals surface area contributed by atoms with Crippen LogP contribution in [0.25, 0.3) is 28.5 Å². The summed E-state index contributed by atoms with van der Waals surface area (Å²) in [5, 5.41) is 9.22. The highest BCUT2D eigenvalue weighted by Crippen LogP contribution is 2.34. The molecule has 146 valence electrons. The van der Waals surface area contributed by atoms with Gasteiger partial charge in [0.25, 0.3) is 0 Å². The molecule has 2 aromatic heterocycles. The molecule has 7 heteroatoms. The Labute approximate surface area is 169 Å². The van der Waals surface area contributed by atoms with Gasteiger partial charge in [-0.1, -0.05) is 30.4 Å². The lowest BCUT2D eigenvalue weighted by Gasteiger charge is -2.35. The lowest BCUT2D eigenvalue weighted by Crippen LogP contribution is -2.46. The van der Waals surface area contributed by atoms with Gasteiger partial charge in [-0.25, -0.2) is 9.97 Å².